The van der Waals surface area contributed by atoms with Gasteiger partial charge in [-0.2, -0.15) is 10.1 Å². The molecule has 1 aliphatic rings. The summed E-state index contributed by atoms with van der Waals surface area (Å²) in [4.78, 5) is 14.6. The smallest absolute Gasteiger partial charge is 0.282 e. The Kier molecular flexibility index (Phi) is 3.74. The molecule has 110 valence electrons. The molecule has 0 aromatic heterocycles. The average Bonchev–Trinajstić information content (AvgIpc) is 2.86. The SMILES string of the molecule is CN(C)/C=C1\C(=O)N(c2ccccc2)N=C1c1ccccc1. The predicted molar refractivity (Wildman–Crippen MR) is 88.7 cm³/mol. The minimum Gasteiger partial charge on any atom is -0.383 e. The summed E-state index contributed by atoms with van der Waals surface area (Å²) >= 11 is 0. The zero-order chi connectivity index (χ0) is 15.5. The molecule has 0 radical (unpaired) electrons. The van der Waals surface area contributed by atoms with Gasteiger partial charge < -0.3 is 4.90 Å². The molecule has 3 rings (SSSR count). The van der Waals surface area contributed by atoms with E-state index in [1.807, 2.05) is 85.9 Å². The molecular weight excluding hydrogens is 274 g/mol. The van der Waals surface area contributed by atoms with Gasteiger partial charge in [0.05, 0.1) is 11.3 Å². The summed E-state index contributed by atoms with van der Waals surface area (Å²) in [6.07, 6.45) is 1.82. The first-order valence-corrected chi connectivity index (χ1v) is 7.09. The van der Waals surface area contributed by atoms with Crippen LogP contribution in [0.2, 0.25) is 0 Å². The van der Waals surface area contributed by atoms with Gasteiger partial charge in [0, 0.05) is 25.9 Å². The van der Waals surface area contributed by atoms with Crippen molar-refractivity contribution in [3.05, 3.63) is 78.0 Å². The van der Waals surface area contributed by atoms with Gasteiger partial charge in [-0.05, 0) is 12.1 Å². The van der Waals surface area contributed by atoms with Crippen LogP contribution in [0.4, 0.5) is 5.69 Å². The van der Waals surface area contributed by atoms with Crippen molar-refractivity contribution >= 4 is 17.3 Å². The quantitative estimate of drug-likeness (QED) is 0.815. The minimum absolute atomic E-state index is 0.112. The molecule has 0 fully saturated rings. The summed E-state index contributed by atoms with van der Waals surface area (Å²) in [6, 6.07) is 19.2. The Labute approximate surface area is 130 Å². The Balaban J connectivity index is 2.09. The van der Waals surface area contributed by atoms with Gasteiger partial charge in [-0.15, -0.1) is 0 Å². The van der Waals surface area contributed by atoms with Gasteiger partial charge in [-0.25, -0.2) is 0 Å². The number of benzene rings is 2. The number of nitrogens with zero attached hydrogens (tertiary/aromatic N) is 3. The largest absolute Gasteiger partial charge is 0.383 e. The number of carbonyl (C=O) groups is 1. The van der Waals surface area contributed by atoms with Crippen LogP contribution in [0.15, 0.2) is 77.5 Å². The maximum atomic E-state index is 12.7. The van der Waals surface area contributed by atoms with E-state index in [0.717, 1.165) is 11.3 Å². The summed E-state index contributed by atoms with van der Waals surface area (Å²) in [5.74, 6) is -0.112. The molecule has 1 aliphatic heterocycles. The number of rotatable bonds is 3. The Morgan fingerprint density at radius 3 is 2.14 bits per heavy atom. The fraction of sp³-hybridized carbons (Fsp3) is 0.111. The van der Waals surface area contributed by atoms with Crippen LogP contribution in [0.5, 0.6) is 0 Å². The fourth-order valence-electron chi connectivity index (χ4n) is 2.34. The Morgan fingerprint density at radius 1 is 0.955 bits per heavy atom. The number of amides is 1. The van der Waals surface area contributed by atoms with E-state index in [0.29, 0.717) is 11.3 Å². The molecule has 22 heavy (non-hydrogen) atoms. The lowest BCUT2D eigenvalue weighted by molar-refractivity contribution is -0.114. The highest BCUT2D eigenvalue weighted by molar-refractivity contribution is 6.35. The van der Waals surface area contributed by atoms with Crippen molar-refractivity contribution in [1.82, 2.24) is 4.90 Å². The van der Waals surface area contributed by atoms with E-state index >= 15 is 0 Å². The first-order chi connectivity index (χ1) is 10.7. The van der Waals surface area contributed by atoms with Gasteiger partial charge in [0.2, 0.25) is 0 Å². The number of carbonyl (C=O) groups excluding carboxylic acids is 1. The molecule has 0 atom stereocenters. The third-order valence-corrected chi connectivity index (χ3v) is 3.31. The Bertz CT molecular complexity index is 733. The van der Waals surface area contributed by atoms with Crippen LogP contribution in [-0.2, 0) is 4.79 Å². The van der Waals surface area contributed by atoms with Crippen molar-refractivity contribution in [1.29, 1.82) is 0 Å². The summed E-state index contributed by atoms with van der Waals surface area (Å²) in [5.41, 5.74) is 2.99. The molecule has 0 spiro atoms. The van der Waals surface area contributed by atoms with Crippen molar-refractivity contribution in [3.8, 4) is 0 Å². The van der Waals surface area contributed by atoms with Crippen LogP contribution in [0, 0.1) is 0 Å². The second-order valence-corrected chi connectivity index (χ2v) is 5.27. The first-order valence-electron chi connectivity index (χ1n) is 7.09. The van der Waals surface area contributed by atoms with Crippen LogP contribution < -0.4 is 5.01 Å². The summed E-state index contributed by atoms with van der Waals surface area (Å²) in [6.45, 7) is 0. The van der Waals surface area contributed by atoms with Crippen LogP contribution in [0.1, 0.15) is 5.56 Å². The molecule has 0 unspecified atom stereocenters. The van der Waals surface area contributed by atoms with Crippen LogP contribution in [0.25, 0.3) is 0 Å². The Morgan fingerprint density at radius 2 is 1.55 bits per heavy atom. The van der Waals surface area contributed by atoms with Crippen molar-refractivity contribution in [2.45, 2.75) is 0 Å². The van der Waals surface area contributed by atoms with Crippen molar-refractivity contribution in [2.75, 3.05) is 19.1 Å². The Hall–Kier alpha value is -2.88. The third-order valence-electron chi connectivity index (χ3n) is 3.31. The van der Waals surface area contributed by atoms with Crippen LogP contribution in [0.3, 0.4) is 0 Å². The van der Waals surface area contributed by atoms with Crippen molar-refractivity contribution in [2.24, 2.45) is 5.10 Å². The minimum atomic E-state index is -0.112. The number of hydrogen-bond acceptors (Lipinski definition) is 3. The van der Waals surface area contributed by atoms with E-state index in [9.17, 15) is 4.79 Å². The third kappa shape index (κ3) is 2.63. The van der Waals surface area contributed by atoms with Gasteiger partial charge in [-0.1, -0.05) is 48.5 Å². The molecule has 2 aromatic rings. The summed E-state index contributed by atoms with van der Waals surface area (Å²) < 4.78 is 0. The van der Waals surface area contributed by atoms with Gasteiger partial charge in [0.15, 0.2) is 0 Å². The molecule has 0 saturated heterocycles. The van der Waals surface area contributed by atoms with Gasteiger partial charge >= 0.3 is 0 Å². The highest BCUT2D eigenvalue weighted by Crippen LogP contribution is 2.26. The number of para-hydroxylation sites is 1. The van der Waals surface area contributed by atoms with Crippen LogP contribution in [-0.4, -0.2) is 30.6 Å². The standard InChI is InChI=1S/C18H17N3O/c1-20(2)13-16-17(14-9-5-3-6-10-14)19-21(18(16)22)15-11-7-4-8-12-15/h3-13H,1-2H3/b16-13-. The molecule has 0 aliphatic carbocycles. The molecular formula is C18H17N3O. The topological polar surface area (TPSA) is 35.9 Å². The molecule has 0 saturated carbocycles. The zero-order valence-electron chi connectivity index (χ0n) is 12.6. The monoisotopic (exact) mass is 291 g/mol. The lowest BCUT2D eigenvalue weighted by atomic mass is 10.0. The van der Waals surface area contributed by atoms with Crippen molar-refractivity contribution < 1.29 is 4.79 Å². The van der Waals surface area contributed by atoms with E-state index in [-0.39, 0.29) is 5.91 Å². The van der Waals surface area contributed by atoms with Gasteiger partial charge in [-0.3, -0.25) is 4.79 Å². The number of anilines is 1. The number of hydrogen-bond donors (Lipinski definition) is 0. The summed E-state index contributed by atoms with van der Waals surface area (Å²) in [5, 5.41) is 6.01. The molecule has 1 amide bonds. The zero-order valence-corrected chi connectivity index (χ0v) is 12.6. The van der Waals surface area contributed by atoms with Crippen LogP contribution >= 0.6 is 0 Å². The first kappa shape index (κ1) is 14.1. The maximum Gasteiger partial charge on any atom is 0.282 e. The maximum absolute atomic E-state index is 12.7. The van der Waals surface area contributed by atoms with E-state index in [1.54, 1.807) is 0 Å². The molecule has 4 nitrogen and oxygen atoms in total. The lowest BCUT2D eigenvalue weighted by Crippen LogP contribution is -2.22. The van der Waals surface area contributed by atoms with Gasteiger partial charge in [0.1, 0.15) is 5.71 Å². The number of hydrazone groups is 1. The summed E-state index contributed by atoms with van der Waals surface area (Å²) in [7, 11) is 3.79. The predicted octanol–water partition coefficient (Wildman–Crippen LogP) is 2.88. The second kappa shape index (κ2) is 5.85. The van der Waals surface area contributed by atoms with E-state index < -0.39 is 0 Å². The van der Waals surface area contributed by atoms with Gasteiger partial charge in [0.25, 0.3) is 5.91 Å². The lowest BCUT2D eigenvalue weighted by Gasteiger charge is -2.11. The molecule has 2 aromatic carbocycles. The molecule has 1 heterocycles. The second-order valence-electron chi connectivity index (χ2n) is 5.27. The fourth-order valence-corrected chi connectivity index (χ4v) is 2.34. The normalized spacial score (nSPS) is 16.1. The molecule has 0 bridgehead atoms. The average molecular weight is 291 g/mol. The highest BCUT2D eigenvalue weighted by atomic mass is 16.2. The van der Waals surface area contributed by atoms with E-state index in [4.69, 9.17) is 0 Å². The molecule has 0 N–H and O–H groups in total. The van der Waals surface area contributed by atoms with Crippen molar-refractivity contribution in [3.63, 3.8) is 0 Å². The van der Waals surface area contributed by atoms with E-state index in [2.05, 4.69) is 5.10 Å². The highest BCUT2D eigenvalue weighted by Gasteiger charge is 2.32. The van der Waals surface area contributed by atoms with E-state index in [1.165, 1.54) is 5.01 Å². The molecule has 4 heteroatoms.